The minimum atomic E-state index is -1.22. The molecule has 1 aliphatic heterocycles. The summed E-state index contributed by atoms with van der Waals surface area (Å²) < 4.78 is 2.10. The maximum absolute atomic E-state index is 12.4. The summed E-state index contributed by atoms with van der Waals surface area (Å²) in [7, 11) is 0. The van der Waals surface area contributed by atoms with Gasteiger partial charge in [-0.15, -0.1) is 0 Å². The monoisotopic (exact) mass is 392 g/mol. The third-order valence-corrected chi connectivity index (χ3v) is 5.38. The Balaban J connectivity index is 1.72. The molecule has 2 heterocycles. The summed E-state index contributed by atoms with van der Waals surface area (Å²) in [4.78, 5) is 36.3. The second kappa shape index (κ2) is 7.36. The van der Waals surface area contributed by atoms with Gasteiger partial charge in [0, 0.05) is 29.2 Å². The number of amides is 2. The standard InChI is InChI=1S/C21H16N2O4S/c24-19(25)13-23-20(26)18(28-21(23)27)10-15-12-22(11-14-6-2-1-3-7-14)17-9-5-4-8-16(15)17/h1-10,12H,11,13H2,(H,24,25). The van der Waals surface area contributed by atoms with Gasteiger partial charge in [0.25, 0.3) is 11.1 Å². The summed E-state index contributed by atoms with van der Waals surface area (Å²) in [6, 6.07) is 17.9. The lowest BCUT2D eigenvalue weighted by molar-refractivity contribution is -0.140. The highest BCUT2D eigenvalue weighted by Crippen LogP contribution is 2.34. The zero-order chi connectivity index (χ0) is 19.7. The van der Waals surface area contributed by atoms with E-state index in [0.717, 1.165) is 38.7 Å². The first-order chi connectivity index (χ1) is 13.5. The first-order valence-corrected chi connectivity index (χ1v) is 9.43. The molecule has 1 aliphatic rings. The Hall–Kier alpha value is -3.32. The lowest BCUT2D eigenvalue weighted by Gasteiger charge is -2.07. The highest BCUT2D eigenvalue weighted by molar-refractivity contribution is 8.18. The van der Waals surface area contributed by atoms with Crippen LogP contribution in [0.15, 0.2) is 65.7 Å². The number of para-hydroxylation sites is 1. The van der Waals surface area contributed by atoms with Gasteiger partial charge in [0.15, 0.2) is 0 Å². The molecule has 6 nitrogen and oxygen atoms in total. The van der Waals surface area contributed by atoms with Crippen LogP contribution < -0.4 is 0 Å². The van der Waals surface area contributed by atoms with Crippen LogP contribution in [0.5, 0.6) is 0 Å². The molecule has 0 bridgehead atoms. The quantitative estimate of drug-likeness (QED) is 0.668. The van der Waals surface area contributed by atoms with E-state index in [2.05, 4.69) is 4.57 Å². The van der Waals surface area contributed by atoms with Crippen LogP contribution in [0.1, 0.15) is 11.1 Å². The Labute approximate surface area is 165 Å². The molecule has 28 heavy (non-hydrogen) atoms. The van der Waals surface area contributed by atoms with Crippen molar-refractivity contribution in [2.45, 2.75) is 6.54 Å². The van der Waals surface area contributed by atoms with E-state index in [1.54, 1.807) is 6.08 Å². The number of carbonyl (C=O) groups excluding carboxylic acids is 2. The van der Waals surface area contributed by atoms with Crippen molar-refractivity contribution in [3.05, 3.63) is 76.8 Å². The normalized spacial score (nSPS) is 15.7. The van der Waals surface area contributed by atoms with Gasteiger partial charge in [0.05, 0.1) is 4.91 Å². The summed E-state index contributed by atoms with van der Waals surface area (Å²) in [5, 5.41) is 9.29. The third kappa shape index (κ3) is 3.44. The summed E-state index contributed by atoms with van der Waals surface area (Å²) in [5.74, 6) is -1.79. The molecule has 2 amide bonds. The second-order valence-corrected chi connectivity index (χ2v) is 7.37. The van der Waals surface area contributed by atoms with E-state index in [1.807, 2.05) is 60.8 Å². The maximum Gasteiger partial charge on any atom is 0.323 e. The van der Waals surface area contributed by atoms with Crippen molar-refractivity contribution in [2.24, 2.45) is 0 Å². The van der Waals surface area contributed by atoms with Crippen LogP contribution in [-0.2, 0) is 16.1 Å². The summed E-state index contributed by atoms with van der Waals surface area (Å²) in [6.45, 7) is 0.0491. The van der Waals surface area contributed by atoms with E-state index in [1.165, 1.54) is 0 Å². The topological polar surface area (TPSA) is 79.6 Å². The van der Waals surface area contributed by atoms with E-state index in [-0.39, 0.29) is 4.91 Å². The molecule has 1 fully saturated rings. The predicted molar refractivity (Wildman–Crippen MR) is 108 cm³/mol. The molecule has 3 aromatic rings. The average molecular weight is 392 g/mol. The van der Waals surface area contributed by atoms with Crippen molar-refractivity contribution in [2.75, 3.05) is 6.54 Å². The van der Waals surface area contributed by atoms with Crippen LogP contribution in [0.25, 0.3) is 17.0 Å². The Morgan fingerprint density at radius 2 is 1.75 bits per heavy atom. The zero-order valence-electron chi connectivity index (χ0n) is 14.7. The Morgan fingerprint density at radius 1 is 1.04 bits per heavy atom. The number of carboxylic acid groups (broad SMARTS) is 1. The molecule has 2 aromatic carbocycles. The zero-order valence-corrected chi connectivity index (χ0v) is 15.6. The van der Waals surface area contributed by atoms with Crippen molar-refractivity contribution in [1.82, 2.24) is 9.47 Å². The number of benzene rings is 2. The Bertz CT molecular complexity index is 1120. The summed E-state index contributed by atoms with van der Waals surface area (Å²) in [5.41, 5.74) is 2.98. The number of thioether (sulfide) groups is 1. The minimum absolute atomic E-state index is 0.230. The Morgan fingerprint density at radius 3 is 2.50 bits per heavy atom. The molecule has 1 saturated heterocycles. The van der Waals surface area contributed by atoms with Gasteiger partial charge in [0.2, 0.25) is 0 Å². The molecule has 0 radical (unpaired) electrons. The minimum Gasteiger partial charge on any atom is -0.480 e. The van der Waals surface area contributed by atoms with Crippen LogP contribution in [0.4, 0.5) is 4.79 Å². The van der Waals surface area contributed by atoms with Gasteiger partial charge in [-0.3, -0.25) is 19.3 Å². The van der Waals surface area contributed by atoms with E-state index in [4.69, 9.17) is 5.11 Å². The number of aromatic nitrogens is 1. The molecule has 0 saturated carbocycles. The van der Waals surface area contributed by atoms with E-state index in [0.29, 0.717) is 6.54 Å². The first-order valence-electron chi connectivity index (χ1n) is 8.62. The van der Waals surface area contributed by atoms with Crippen molar-refractivity contribution < 1.29 is 19.5 Å². The number of hydrogen-bond donors (Lipinski definition) is 1. The molecular weight excluding hydrogens is 376 g/mol. The molecule has 4 rings (SSSR count). The fourth-order valence-electron chi connectivity index (χ4n) is 3.21. The van der Waals surface area contributed by atoms with Gasteiger partial charge < -0.3 is 9.67 Å². The second-order valence-electron chi connectivity index (χ2n) is 6.38. The average Bonchev–Trinajstić information content (AvgIpc) is 3.15. The highest BCUT2D eigenvalue weighted by atomic mass is 32.2. The smallest absolute Gasteiger partial charge is 0.323 e. The largest absolute Gasteiger partial charge is 0.480 e. The van der Waals surface area contributed by atoms with Crippen molar-refractivity contribution >= 4 is 45.9 Å². The molecule has 0 atom stereocenters. The fourth-order valence-corrected chi connectivity index (χ4v) is 4.04. The van der Waals surface area contributed by atoms with E-state index >= 15 is 0 Å². The summed E-state index contributed by atoms with van der Waals surface area (Å²) >= 11 is 0.766. The number of fused-ring (bicyclic) bond motifs is 1. The van der Waals surface area contributed by atoms with Crippen LogP contribution in [0.3, 0.4) is 0 Å². The van der Waals surface area contributed by atoms with Gasteiger partial charge in [-0.2, -0.15) is 0 Å². The molecular formula is C21H16N2O4S. The molecule has 0 aliphatic carbocycles. The lowest BCUT2D eigenvalue weighted by atomic mass is 10.1. The van der Waals surface area contributed by atoms with E-state index < -0.39 is 23.7 Å². The number of imide groups is 1. The fraction of sp³-hybridized carbons (Fsp3) is 0.0952. The van der Waals surface area contributed by atoms with Gasteiger partial charge >= 0.3 is 5.97 Å². The summed E-state index contributed by atoms with van der Waals surface area (Å²) in [6.07, 6.45) is 3.61. The third-order valence-electron chi connectivity index (χ3n) is 4.47. The molecule has 1 aromatic heterocycles. The van der Waals surface area contributed by atoms with Crippen LogP contribution >= 0.6 is 11.8 Å². The number of carboxylic acids is 1. The number of aliphatic carboxylic acids is 1. The highest BCUT2D eigenvalue weighted by Gasteiger charge is 2.36. The van der Waals surface area contributed by atoms with Crippen molar-refractivity contribution in [3.63, 3.8) is 0 Å². The van der Waals surface area contributed by atoms with Crippen molar-refractivity contribution in [3.8, 4) is 0 Å². The number of hydrogen-bond acceptors (Lipinski definition) is 4. The van der Waals surface area contributed by atoms with Gasteiger partial charge in [-0.25, -0.2) is 0 Å². The van der Waals surface area contributed by atoms with Crippen LogP contribution in [0, 0.1) is 0 Å². The predicted octanol–water partition coefficient (Wildman–Crippen LogP) is 3.81. The number of carbonyl (C=O) groups is 3. The number of rotatable bonds is 5. The van der Waals surface area contributed by atoms with Crippen LogP contribution in [0.2, 0.25) is 0 Å². The molecule has 0 unspecified atom stereocenters. The van der Waals surface area contributed by atoms with Crippen LogP contribution in [-0.4, -0.2) is 38.2 Å². The molecule has 7 heteroatoms. The SMILES string of the molecule is O=C(O)CN1C(=O)SC(=Cc2cn(Cc3ccccc3)c3ccccc23)C1=O. The van der Waals surface area contributed by atoms with Crippen molar-refractivity contribution in [1.29, 1.82) is 0 Å². The Kier molecular flexibility index (Phi) is 4.75. The van der Waals surface area contributed by atoms with Gasteiger partial charge in [0.1, 0.15) is 6.54 Å². The maximum atomic E-state index is 12.4. The number of nitrogens with zero attached hydrogens (tertiary/aromatic N) is 2. The molecule has 140 valence electrons. The molecule has 1 N–H and O–H groups in total. The first kappa shape index (κ1) is 18.1. The van der Waals surface area contributed by atoms with E-state index in [9.17, 15) is 14.4 Å². The van der Waals surface area contributed by atoms with Gasteiger partial charge in [-0.1, -0.05) is 48.5 Å². The molecule has 0 spiro atoms. The van der Waals surface area contributed by atoms with Gasteiger partial charge in [-0.05, 0) is 29.5 Å². The lowest BCUT2D eigenvalue weighted by Crippen LogP contribution is -2.33.